The van der Waals surface area contributed by atoms with Gasteiger partial charge in [0, 0.05) is 10.9 Å². The summed E-state index contributed by atoms with van der Waals surface area (Å²) in [5.74, 6) is 0.0722. The van der Waals surface area contributed by atoms with E-state index in [0.29, 0.717) is 11.3 Å². The van der Waals surface area contributed by atoms with Crippen LogP contribution in [0.4, 0.5) is 0 Å². The van der Waals surface area contributed by atoms with Gasteiger partial charge in [0.05, 0.1) is 13.2 Å². The fourth-order valence-corrected chi connectivity index (χ4v) is 1.94. The molecule has 0 aromatic heterocycles. The fraction of sp³-hybridized carbons (Fsp3) is 0.267. The van der Waals surface area contributed by atoms with Crippen LogP contribution in [0.3, 0.4) is 0 Å². The molecule has 0 bridgehead atoms. The zero-order chi connectivity index (χ0) is 13.8. The van der Waals surface area contributed by atoms with E-state index in [0.717, 1.165) is 10.8 Å². The molecule has 2 aromatic rings. The Morgan fingerprint density at radius 2 is 2.00 bits per heavy atom. The molecule has 0 spiro atoms. The van der Waals surface area contributed by atoms with Gasteiger partial charge < -0.3 is 14.6 Å². The summed E-state index contributed by atoms with van der Waals surface area (Å²) >= 11 is 0. The van der Waals surface area contributed by atoms with Gasteiger partial charge in [-0.05, 0) is 12.3 Å². The van der Waals surface area contributed by atoms with E-state index in [1.54, 1.807) is 13.0 Å². The lowest BCUT2D eigenvalue weighted by Gasteiger charge is -2.15. The summed E-state index contributed by atoms with van der Waals surface area (Å²) in [4.78, 5) is 11.2. The molecule has 0 radical (unpaired) electrons. The molecular weight excluding hydrogens is 244 g/mol. The van der Waals surface area contributed by atoms with Crippen LogP contribution in [0.2, 0.25) is 0 Å². The van der Waals surface area contributed by atoms with E-state index < -0.39 is 12.1 Å². The van der Waals surface area contributed by atoms with Gasteiger partial charge in [-0.3, -0.25) is 0 Å². The van der Waals surface area contributed by atoms with Crippen molar-refractivity contribution in [3.05, 3.63) is 42.0 Å². The minimum absolute atomic E-state index is 0.176. The largest absolute Gasteiger partial charge is 0.481 e. The Morgan fingerprint density at radius 3 is 2.68 bits per heavy atom. The van der Waals surface area contributed by atoms with Crippen molar-refractivity contribution >= 4 is 16.7 Å². The summed E-state index contributed by atoms with van der Waals surface area (Å²) in [6.07, 6.45) is -0.669. The molecule has 1 N–H and O–H groups in total. The van der Waals surface area contributed by atoms with E-state index in [1.165, 1.54) is 7.11 Å². The van der Waals surface area contributed by atoms with Crippen molar-refractivity contribution in [2.24, 2.45) is 0 Å². The molecule has 2 aromatic carbocycles. The van der Waals surface area contributed by atoms with Crippen LogP contribution in [-0.4, -0.2) is 24.8 Å². The molecular formula is C15H16O4. The number of hydrogen-bond donors (Lipinski definition) is 1. The van der Waals surface area contributed by atoms with Crippen LogP contribution < -0.4 is 4.74 Å². The first kappa shape index (κ1) is 13.4. The molecule has 0 amide bonds. The maximum absolute atomic E-state index is 11.2. The maximum atomic E-state index is 11.2. The highest BCUT2D eigenvalue weighted by molar-refractivity contribution is 5.90. The summed E-state index contributed by atoms with van der Waals surface area (Å²) in [6, 6.07) is 11.4. The average Bonchev–Trinajstić information content (AvgIpc) is 2.43. The minimum atomic E-state index is -0.669. The number of esters is 1. The third-order valence-electron chi connectivity index (χ3n) is 2.92. The Balaban J connectivity index is 2.46. The number of aliphatic hydroxyl groups excluding tert-OH is 1. The molecule has 4 heteroatoms. The highest BCUT2D eigenvalue weighted by Gasteiger charge is 2.14. The van der Waals surface area contributed by atoms with Crippen LogP contribution in [0.15, 0.2) is 36.4 Å². The van der Waals surface area contributed by atoms with Gasteiger partial charge in [-0.15, -0.1) is 0 Å². The van der Waals surface area contributed by atoms with Gasteiger partial charge in [-0.25, -0.2) is 4.79 Å². The number of benzene rings is 2. The van der Waals surface area contributed by atoms with Gasteiger partial charge in [0.2, 0.25) is 0 Å². The molecule has 0 unspecified atom stereocenters. The Hall–Kier alpha value is -2.07. The number of aliphatic hydroxyl groups is 1. The molecule has 1 atom stereocenters. The van der Waals surface area contributed by atoms with Crippen molar-refractivity contribution < 1.29 is 19.4 Å². The number of carbonyl (C=O) groups excluding carboxylic acids is 1. The predicted octanol–water partition coefficient (Wildman–Crippen LogP) is 2.44. The number of ether oxygens (including phenoxy) is 2. The van der Waals surface area contributed by atoms with Crippen LogP contribution >= 0.6 is 0 Å². The van der Waals surface area contributed by atoms with E-state index in [4.69, 9.17) is 4.74 Å². The van der Waals surface area contributed by atoms with Gasteiger partial charge in [-0.2, -0.15) is 0 Å². The highest BCUT2D eigenvalue weighted by atomic mass is 16.6. The van der Waals surface area contributed by atoms with E-state index in [2.05, 4.69) is 4.74 Å². The molecule has 0 fully saturated rings. The normalized spacial score (nSPS) is 12.2. The van der Waals surface area contributed by atoms with Gasteiger partial charge in [0.15, 0.2) is 6.61 Å². The lowest BCUT2D eigenvalue weighted by Crippen LogP contribution is -2.14. The van der Waals surface area contributed by atoms with Gasteiger partial charge in [0.25, 0.3) is 0 Å². The number of carbonyl (C=O) groups is 1. The van der Waals surface area contributed by atoms with Gasteiger partial charge in [0.1, 0.15) is 5.75 Å². The maximum Gasteiger partial charge on any atom is 0.343 e. The van der Waals surface area contributed by atoms with Crippen molar-refractivity contribution in [3.63, 3.8) is 0 Å². The molecule has 0 aliphatic carbocycles. The SMILES string of the molecule is COC(=O)COc1c([C@H](C)O)ccc2ccccc12. The highest BCUT2D eigenvalue weighted by Crippen LogP contribution is 2.33. The first-order chi connectivity index (χ1) is 9.13. The second-order valence-electron chi connectivity index (χ2n) is 4.25. The lowest BCUT2D eigenvalue weighted by atomic mass is 10.0. The first-order valence-corrected chi connectivity index (χ1v) is 6.03. The molecule has 0 saturated heterocycles. The Bertz CT molecular complexity index is 590. The summed E-state index contributed by atoms with van der Waals surface area (Å²) in [5, 5.41) is 11.6. The van der Waals surface area contributed by atoms with Gasteiger partial charge in [-0.1, -0.05) is 36.4 Å². The lowest BCUT2D eigenvalue weighted by molar-refractivity contribution is -0.142. The Kier molecular flexibility index (Phi) is 4.02. The molecule has 4 nitrogen and oxygen atoms in total. The van der Waals surface area contributed by atoms with Crippen molar-refractivity contribution in [1.29, 1.82) is 0 Å². The monoisotopic (exact) mass is 260 g/mol. The van der Waals surface area contributed by atoms with Crippen molar-refractivity contribution in [3.8, 4) is 5.75 Å². The second-order valence-corrected chi connectivity index (χ2v) is 4.25. The summed E-state index contributed by atoms with van der Waals surface area (Å²) < 4.78 is 10.1. The topological polar surface area (TPSA) is 55.8 Å². The molecule has 0 saturated carbocycles. The molecule has 0 aliphatic rings. The van der Waals surface area contributed by atoms with Crippen molar-refractivity contribution in [2.45, 2.75) is 13.0 Å². The minimum Gasteiger partial charge on any atom is -0.481 e. The zero-order valence-corrected chi connectivity index (χ0v) is 10.9. The number of methoxy groups -OCH3 is 1. The Morgan fingerprint density at radius 1 is 1.26 bits per heavy atom. The smallest absolute Gasteiger partial charge is 0.343 e. The predicted molar refractivity (Wildman–Crippen MR) is 72.1 cm³/mol. The van der Waals surface area contributed by atoms with Crippen molar-refractivity contribution in [1.82, 2.24) is 0 Å². The second kappa shape index (κ2) is 5.71. The molecule has 0 heterocycles. The molecule has 19 heavy (non-hydrogen) atoms. The fourth-order valence-electron chi connectivity index (χ4n) is 1.94. The van der Waals surface area contributed by atoms with E-state index in [-0.39, 0.29) is 6.61 Å². The van der Waals surface area contributed by atoms with E-state index in [1.807, 2.05) is 30.3 Å². The third-order valence-corrected chi connectivity index (χ3v) is 2.92. The van der Waals surface area contributed by atoms with Crippen LogP contribution in [0, 0.1) is 0 Å². The van der Waals surface area contributed by atoms with Gasteiger partial charge >= 0.3 is 5.97 Å². The third kappa shape index (κ3) is 2.85. The first-order valence-electron chi connectivity index (χ1n) is 6.03. The number of fused-ring (bicyclic) bond motifs is 1. The summed E-state index contributed by atoms with van der Waals surface area (Å²) in [6.45, 7) is 1.49. The molecule has 0 aliphatic heterocycles. The zero-order valence-electron chi connectivity index (χ0n) is 10.9. The average molecular weight is 260 g/mol. The summed E-state index contributed by atoms with van der Waals surface area (Å²) in [7, 11) is 1.31. The van der Waals surface area contributed by atoms with Crippen LogP contribution in [-0.2, 0) is 9.53 Å². The summed E-state index contributed by atoms with van der Waals surface area (Å²) in [5.41, 5.74) is 0.655. The van der Waals surface area contributed by atoms with Crippen molar-refractivity contribution in [2.75, 3.05) is 13.7 Å². The van der Waals surface area contributed by atoms with E-state index >= 15 is 0 Å². The number of rotatable bonds is 4. The quantitative estimate of drug-likeness (QED) is 0.858. The molecule has 2 rings (SSSR count). The Labute approximate surface area is 111 Å². The van der Waals surface area contributed by atoms with Crippen LogP contribution in [0.1, 0.15) is 18.6 Å². The standard InChI is InChI=1S/C15H16O4/c1-10(16)12-8-7-11-5-3-4-6-13(11)15(12)19-9-14(17)18-2/h3-8,10,16H,9H2,1-2H3/t10-/m0/s1. The molecule has 100 valence electrons. The van der Waals surface area contributed by atoms with E-state index in [9.17, 15) is 9.90 Å². The van der Waals surface area contributed by atoms with Crippen LogP contribution in [0.5, 0.6) is 5.75 Å². The number of hydrogen-bond acceptors (Lipinski definition) is 4. The van der Waals surface area contributed by atoms with Crippen LogP contribution in [0.25, 0.3) is 10.8 Å².